The Morgan fingerprint density at radius 3 is 2.28 bits per heavy atom. The molecule has 0 radical (unpaired) electrons. The summed E-state index contributed by atoms with van der Waals surface area (Å²) < 4.78 is 23.2. The molecule has 4 nitrogen and oxygen atoms in total. The van der Waals surface area contributed by atoms with Gasteiger partial charge in [0.05, 0.1) is 10.5 Å². The fraction of sp³-hybridized carbons (Fsp3) is 0.462. The number of hydrogen-bond donors (Lipinski definition) is 1. The van der Waals surface area contributed by atoms with Gasteiger partial charge in [0, 0.05) is 12.3 Å². The third-order valence-electron chi connectivity index (χ3n) is 2.85. The molecule has 0 saturated heterocycles. The van der Waals surface area contributed by atoms with Crippen LogP contribution in [0, 0.1) is 0 Å². The molecular formula is C13H19NO3S. The second-order valence-corrected chi connectivity index (χ2v) is 6.24. The largest absolute Gasteiger partial charge is 0.349 e. The second-order valence-electron chi connectivity index (χ2n) is 4.26. The van der Waals surface area contributed by atoms with Crippen LogP contribution >= 0.6 is 0 Å². The molecule has 0 saturated carbocycles. The van der Waals surface area contributed by atoms with E-state index in [0.29, 0.717) is 0 Å². The lowest BCUT2D eigenvalue weighted by Gasteiger charge is -2.15. The van der Waals surface area contributed by atoms with E-state index < -0.39 is 9.84 Å². The van der Waals surface area contributed by atoms with Crippen molar-refractivity contribution in [1.29, 1.82) is 0 Å². The van der Waals surface area contributed by atoms with E-state index in [-0.39, 0.29) is 22.4 Å². The van der Waals surface area contributed by atoms with Crippen LogP contribution in [0.3, 0.4) is 0 Å². The van der Waals surface area contributed by atoms with Crippen LogP contribution in [-0.4, -0.2) is 26.6 Å². The van der Waals surface area contributed by atoms with Crippen molar-refractivity contribution in [3.05, 3.63) is 29.8 Å². The van der Waals surface area contributed by atoms with Gasteiger partial charge in [0.25, 0.3) is 5.91 Å². The minimum Gasteiger partial charge on any atom is -0.349 e. The Balaban J connectivity index is 3.07. The molecule has 0 fully saturated rings. The summed E-state index contributed by atoms with van der Waals surface area (Å²) in [4.78, 5) is 12.1. The molecule has 5 heteroatoms. The Bertz CT molecular complexity index is 519. The molecule has 0 unspecified atom stereocenters. The highest BCUT2D eigenvalue weighted by atomic mass is 32.2. The predicted molar refractivity (Wildman–Crippen MR) is 71.4 cm³/mol. The van der Waals surface area contributed by atoms with E-state index in [4.69, 9.17) is 0 Å². The van der Waals surface area contributed by atoms with Crippen LogP contribution in [0.4, 0.5) is 0 Å². The smallest absolute Gasteiger partial charge is 0.252 e. The van der Waals surface area contributed by atoms with Crippen molar-refractivity contribution in [2.75, 3.05) is 6.26 Å². The van der Waals surface area contributed by atoms with Gasteiger partial charge in [-0.05, 0) is 25.0 Å². The summed E-state index contributed by atoms with van der Waals surface area (Å²) in [5.41, 5.74) is 0.215. The van der Waals surface area contributed by atoms with Crippen LogP contribution in [0.25, 0.3) is 0 Å². The van der Waals surface area contributed by atoms with Gasteiger partial charge < -0.3 is 5.32 Å². The van der Waals surface area contributed by atoms with Gasteiger partial charge in [-0.25, -0.2) is 8.42 Å². The molecule has 0 spiro atoms. The highest BCUT2D eigenvalue weighted by Gasteiger charge is 2.19. The molecule has 0 aromatic heterocycles. The summed E-state index contributed by atoms with van der Waals surface area (Å²) in [6.45, 7) is 3.97. The first-order valence-corrected chi connectivity index (χ1v) is 7.89. The van der Waals surface area contributed by atoms with Crippen LogP contribution in [0.15, 0.2) is 29.2 Å². The summed E-state index contributed by atoms with van der Waals surface area (Å²) in [6, 6.07) is 6.34. The lowest BCUT2D eigenvalue weighted by Crippen LogP contribution is -2.34. The van der Waals surface area contributed by atoms with E-state index in [1.54, 1.807) is 12.1 Å². The summed E-state index contributed by atoms with van der Waals surface area (Å²) in [6.07, 6.45) is 2.75. The maximum absolute atomic E-state index is 12.1. The fourth-order valence-electron chi connectivity index (χ4n) is 1.73. The van der Waals surface area contributed by atoms with Crippen molar-refractivity contribution in [2.45, 2.75) is 37.6 Å². The number of carbonyl (C=O) groups excluding carboxylic acids is 1. The van der Waals surface area contributed by atoms with E-state index in [2.05, 4.69) is 5.32 Å². The minimum absolute atomic E-state index is 0.0742. The quantitative estimate of drug-likeness (QED) is 0.889. The Labute approximate surface area is 108 Å². The average molecular weight is 269 g/mol. The molecular weight excluding hydrogens is 250 g/mol. The number of hydrogen-bond acceptors (Lipinski definition) is 3. The van der Waals surface area contributed by atoms with E-state index in [1.165, 1.54) is 12.1 Å². The number of amides is 1. The van der Waals surface area contributed by atoms with Crippen LogP contribution in [0.2, 0.25) is 0 Å². The van der Waals surface area contributed by atoms with Gasteiger partial charge in [0.2, 0.25) is 0 Å². The summed E-state index contributed by atoms with van der Waals surface area (Å²) in [7, 11) is -3.39. The van der Waals surface area contributed by atoms with Gasteiger partial charge in [-0.2, -0.15) is 0 Å². The molecule has 18 heavy (non-hydrogen) atoms. The molecule has 0 aliphatic rings. The number of benzene rings is 1. The molecule has 0 aliphatic carbocycles. The maximum atomic E-state index is 12.1. The van der Waals surface area contributed by atoms with Gasteiger partial charge >= 0.3 is 0 Å². The minimum atomic E-state index is -3.39. The Kier molecular flexibility index (Phi) is 4.90. The standard InChI is InChI=1S/C13H19NO3S/c1-4-10(5-2)14-13(15)11-8-6-7-9-12(11)18(3,16)17/h6-10H,4-5H2,1-3H3,(H,14,15). The highest BCUT2D eigenvalue weighted by molar-refractivity contribution is 7.90. The summed E-state index contributed by atoms with van der Waals surface area (Å²) in [5.74, 6) is -0.329. The van der Waals surface area contributed by atoms with E-state index >= 15 is 0 Å². The second kappa shape index (κ2) is 6.00. The number of rotatable bonds is 5. The number of nitrogens with one attached hydrogen (secondary N) is 1. The zero-order valence-corrected chi connectivity index (χ0v) is 11.8. The van der Waals surface area contributed by atoms with Gasteiger partial charge in [-0.3, -0.25) is 4.79 Å². The SMILES string of the molecule is CCC(CC)NC(=O)c1ccccc1S(C)(=O)=O. The topological polar surface area (TPSA) is 63.2 Å². The molecule has 1 amide bonds. The van der Waals surface area contributed by atoms with Crippen LogP contribution in [0.1, 0.15) is 37.0 Å². The first-order valence-electron chi connectivity index (χ1n) is 6.00. The number of carbonyl (C=O) groups is 1. The molecule has 1 aromatic rings. The van der Waals surface area contributed by atoms with E-state index in [9.17, 15) is 13.2 Å². The van der Waals surface area contributed by atoms with Crippen molar-refractivity contribution < 1.29 is 13.2 Å². The highest BCUT2D eigenvalue weighted by Crippen LogP contribution is 2.15. The van der Waals surface area contributed by atoms with Crippen LogP contribution in [0.5, 0.6) is 0 Å². The predicted octanol–water partition coefficient (Wildman–Crippen LogP) is 2.01. The van der Waals surface area contributed by atoms with Crippen molar-refractivity contribution in [3.8, 4) is 0 Å². The number of sulfone groups is 1. The Morgan fingerprint density at radius 1 is 1.22 bits per heavy atom. The van der Waals surface area contributed by atoms with Gasteiger partial charge in [0.15, 0.2) is 9.84 Å². The van der Waals surface area contributed by atoms with Crippen LogP contribution in [-0.2, 0) is 9.84 Å². The summed E-state index contributed by atoms with van der Waals surface area (Å²) in [5, 5.41) is 2.84. The molecule has 100 valence electrons. The van der Waals surface area contributed by atoms with E-state index in [1.807, 2.05) is 13.8 Å². The zero-order valence-electron chi connectivity index (χ0n) is 10.9. The lowest BCUT2D eigenvalue weighted by molar-refractivity contribution is 0.0931. The normalized spacial score (nSPS) is 11.6. The van der Waals surface area contributed by atoms with Gasteiger partial charge in [-0.1, -0.05) is 26.0 Å². The van der Waals surface area contributed by atoms with Gasteiger partial charge in [0.1, 0.15) is 0 Å². The Morgan fingerprint density at radius 2 is 1.78 bits per heavy atom. The monoisotopic (exact) mass is 269 g/mol. The molecule has 0 atom stereocenters. The molecule has 0 heterocycles. The lowest BCUT2D eigenvalue weighted by atomic mass is 10.1. The third kappa shape index (κ3) is 3.57. The van der Waals surface area contributed by atoms with Crippen molar-refractivity contribution in [1.82, 2.24) is 5.32 Å². The van der Waals surface area contributed by atoms with Crippen molar-refractivity contribution in [2.24, 2.45) is 0 Å². The summed E-state index contributed by atoms with van der Waals surface area (Å²) >= 11 is 0. The molecule has 0 aliphatic heterocycles. The van der Waals surface area contributed by atoms with Gasteiger partial charge in [-0.15, -0.1) is 0 Å². The third-order valence-corrected chi connectivity index (χ3v) is 4.01. The van der Waals surface area contributed by atoms with E-state index in [0.717, 1.165) is 19.1 Å². The average Bonchev–Trinajstić information content (AvgIpc) is 2.34. The van der Waals surface area contributed by atoms with Crippen molar-refractivity contribution >= 4 is 15.7 Å². The molecule has 1 aromatic carbocycles. The fourth-order valence-corrected chi connectivity index (χ4v) is 2.62. The molecule has 1 N–H and O–H groups in total. The van der Waals surface area contributed by atoms with Crippen LogP contribution < -0.4 is 5.32 Å². The first-order chi connectivity index (χ1) is 8.40. The molecule has 0 bridgehead atoms. The molecule has 1 rings (SSSR count). The van der Waals surface area contributed by atoms with Crippen molar-refractivity contribution in [3.63, 3.8) is 0 Å². The zero-order chi connectivity index (χ0) is 13.8. The Hall–Kier alpha value is -1.36. The first kappa shape index (κ1) is 14.7. The maximum Gasteiger partial charge on any atom is 0.252 e.